The number of fused-ring (bicyclic) bond motifs is 1. The molecule has 2 rings (SSSR count). The predicted octanol–water partition coefficient (Wildman–Crippen LogP) is 4.22. The van der Waals surface area contributed by atoms with Gasteiger partial charge in [0, 0.05) is 0 Å². The van der Waals surface area contributed by atoms with Crippen molar-refractivity contribution >= 4 is 27.4 Å². The molecule has 0 saturated carbocycles. The molecular weight excluding hydrogens is 236 g/mol. The topological polar surface area (TPSA) is 0 Å². The van der Waals surface area contributed by atoms with Gasteiger partial charge in [0.05, 0.1) is 16.1 Å². The van der Waals surface area contributed by atoms with E-state index in [9.17, 15) is 0 Å². The van der Waals surface area contributed by atoms with Crippen LogP contribution >= 0.6 is 0 Å². The van der Waals surface area contributed by atoms with Crippen LogP contribution in [0, 0.1) is 0 Å². The molecule has 1 aromatic rings. The van der Waals surface area contributed by atoms with Crippen molar-refractivity contribution in [3.8, 4) is 0 Å². The van der Waals surface area contributed by atoms with Gasteiger partial charge < -0.3 is 0 Å². The van der Waals surface area contributed by atoms with Gasteiger partial charge in [-0.05, 0) is 16.7 Å². The molecule has 0 saturated heterocycles. The average molecular weight is 261 g/mol. The zero-order chi connectivity index (χ0) is 12.8. The first-order valence-electron chi connectivity index (χ1n) is 6.53. The van der Waals surface area contributed by atoms with E-state index in [0.29, 0.717) is 5.54 Å². The lowest BCUT2D eigenvalue weighted by Gasteiger charge is -2.26. The van der Waals surface area contributed by atoms with E-state index in [-0.39, 0.29) is 0 Å². The molecule has 0 radical (unpaired) electrons. The van der Waals surface area contributed by atoms with Gasteiger partial charge in [-0.3, -0.25) is 0 Å². The Kier molecular flexibility index (Phi) is 2.99. The van der Waals surface area contributed by atoms with Crippen molar-refractivity contribution in [3.63, 3.8) is 0 Å². The second-order valence-corrected chi connectivity index (χ2v) is 17.7. The zero-order valence-electron chi connectivity index (χ0n) is 12.0. The number of benzene rings is 1. The van der Waals surface area contributed by atoms with Crippen LogP contribution in [0.15, 0.2) is 24.3 Å². The highest BCUT2D eigenvalue weighted by Gasteiger charge is 2.32. The van der Waals surface area contributed by atoms with Crippen molar-refractivity contribution in [1.29, 1.82) is 0 Å². The summed E-state index contributed by atoms with van der Waals surface area (Å²) in [7, 11) is -2.34. The van der Waals surface area contributed by atoms with Gasteiger partial charge in [-0.2, -0.15) is 0 Å². The first kappa shape index (κ1) is 12.8. The lowest BCUT2D eigenvalue weighted by atomic mass is 10.1. The van der Waals surface area contributed by atoms with Gasteiger partial charge in [0.2, 0.25) is 0 Å². The molecule has 0 nitrogen and oxygen atoms in total. The molecule has 0 N–H and O–H groups in total. The predicted molar refractivity (Wildman–Crippen MR) is 84.5 cm³/mol. The van der Waals surface area contributed by atoms with Gasteiger partial charge in [0.1, 0.15) is 0 Å². The Morgan fingerprint density at radius 1 is 0.941 bits per heavy atom. The molecule has 92 valence electrons. The van der Waals surface area contributed by atoms with Gasteiger partial charge in [0.25, 0.3) is 0 Å². The second-order valence-electron chi connectivity index (χ2n) is 7.26. The fourth-order valence-corrected chi connectivity index (χ4v) is 6.24. The van der Waals surface area contributed by atoms with E-state index in [1.807, 2.05) is 0 Å². The van der Waals surface area contributed by atoms with Gasteiger partial charge >= 0.3 is 0 Å². The van der Waals surface area contributed by atoms with Crippen LogP contribution in [0.25, 0.3) is 6.08 Å². The lowest BCUT2D eigenvalue weighted by Crippen LogP contribution is -2.40. The van der Waals surface area contributed by atoms with Crippen molar-refractivity contribution < 1.29 is 0 Å². The van der Waals surface area contributed by atoms with Crippen LogP contribution in [0.2, 0.25) is 39.3 Å². The van der Waals surface area contributed by atoms with E-state index >= 15 is 0 Å². The average Bonchev–Trinajstić information content (AvgIpc) is 2.57. The third-order valence-corrected chi connectivity index (χ3v) is 8.09. The molecule has 17 heavy (non-hydrogen) atoms. The second kappa shape index (κ2) is 3.96. The Bertz CT molecular complexity index is 459. The maximum absolute atomic E-state index is 2.47. The molecule has 0 heterocycles. The highest BCUT2D eigenvalue weighted by molar-refractivity contribution is 6.89. The molecule has 1 aromatic carbocycles. The maximum atomic E-state index is 2.47. The molecule has 0 aliphatic heterocycles. The lowest BCUT2D eigenvalue weighted by molar-refractivity contribution is 1.16. The van der Waals surface area contributed by atoms with Gasteiger partial charge in [0.15, 0.2) is 0 Å². The number of rotatable bonds is 2. The van der Waals surface area contributed by atoms with E-state index in [0.717, 1.165) is 0 Å². The fourth-order valence-electron chi connectivity index (χ4n) is 2.75. The summed E-state index contributed by atoms with van der Waals surface area (Å²) in [4.78, 5) is 0. The van der Waals surface area contributed by atoms with E-state index in [4.69, 9.17) is 0 Å². The van der Waals surface area contributed by atoms with Crippen LogP contribution < -0.4 is 5.19 Å². The largest absolute Gasteiger partial charge is 0.0791 e. The normalized spacial score (nSPS) is 19.5. The van der Waals surface area contributed by atoms with Crippen LogP contribution in [0.3, 0.4) is 0 Å². The summed E-state index contributed by atoms with van der Waals surface area (Å²) in [5, 5.41) is 1.63. The van der Waals surface area contributed by atoms with Gasteiger partial charge in [-0.25, -0.2) is 0 Å². The van der Waals surface area contributed by atoms with Crippen LogP contribution in [-0.4, -0.2) is 16.1 Å². The molecule has 0 fully saturated rings. The first-order valence-corrected chi connectivity index (χ1v) is 13.6. The molecule has 1 unspecified atom stereocenters. The standard InChI is InChI=1S/C15H24Si2/c1-16(2,3)14-9-7-8-12-13(14)10-11-15(12)17(4,5)6/h7-11,15H,1-6H3. The molecule has 0 amide bonds. The molecule has 0 spiro atoms. The minimum atomic E-state index is -1.21. The maximum Gasteiger partial charge on any atom is 0.0783 e. The van der Waals surface area contributed by atoms with Crippen molar-refractivity contribution in [2.24, 2.45) is 0 Å². The molecule has 0 bridgehead atoms. The highest BCUT2D eigenvalue weighted by atomic mass is 28.3. The summed E-state index contributed by atoms with van der Waals surface area (Å²) in [6.45, 7) is 14.7. The zero-order valence-corrected chi connectivity index (χ0v) is 14.0. The Morgan fingerprint density at radius 2 is 1.59 bits per heavy atom. The van der Waals surface area contributed by atoms with E-state index < -0.39 is 16.1 Å². The third kappa shape index (κ3) is 2.33. The Labute approximate surface area is 108 Å². The SMILES string of the molecule is C[Si](C)(C)c1cccc2c1C=CC2[Si](C)(C)C. The summed E-state index contributed by atoms with van der Waals surface area (Å²) in [6, 6.07) is 6.97. The highest BCUT2D eigenvalue weighted by Crippen LogP contribution is 2.36. The molecular formula is C15H24Si2. The summed E-state index contributed by atoms with van der Waals surface area (Å²) in [6.07, 6.45) is 4.85. The number of hydrogen-bond donors (Lipinski definition) is 0. The Balaban J connectivity index is 2.55. The Hall–Kier alpha value is -0.606. The third-order valence-electron chi connectivity index (χ3n) is 3.67. The number of allylic oxidation sites excluding steroid dienone is 1. The van der Waals surface area contributed by atoms with Crippen molar-refractivity contribution in [1.82, 2.24) is 0 Å². The summed E-state index contributed by atoms with van der Waals surface area (Å²) in [5.74, 6) is 0. The summed E-state index contributed by atoms with van der Waals surface area (Å²) >= 11 is 0. The van der Waals surface area contributed by atoms with Crippen LogP contribution in [0.4, 0.5) is 0 Å². The van der Waals surface area contributed by atoms with Crippen molar-refractivity contribution in [2.75, 3.05) is 0 Å². The van der Waals surface area contributed by atoms with Crippen LogP contribution in [0.1, 0.15) is 16.7 Å². The fraction of sp³-hybridized carbons (Fsp3) is 0.467. The molecule has 0 aromatic heterocycles. The van der Waals surface area contributed by atoms with Gasteiger partial charge in [-0.15, -0.1) is 0 Å². The molecule has 1 aliphatic rings. The quantitative estimate of drug-likeness (QED) is 0.699. The van der Waals surface area contributed by atoms with E-state index in [1.54, 1.807) is 16.3 Å². The Morgan fingerprint density at radius 3 is 2.12 bits per heavy atom. The summed E-state index contributed by atoms with van der Waals surface area (Å²) < 4.78 is 0. The number of hydrogen-bond acceptors (Lipinski definition) is 0. The van der Waals surface area contributed by atoms with Gasteiger partial charge in [-0.1, -0.05) is 74.8 Å². The minimum Gasteiger partial charge on any atom is -0.0791 e. The molecule has 1 atom stereocenters. The summed E-state index contributed by atoms with van der Waals surface area (Å²) in [5.41, 5.74) is 3.87. The monoisotopic (exact) mass is 260 g/mol. The first-order chi connectivity index (χ1) is 7.71. The van der Waals surface area contributed by atoms with E-state index in [1.165, 1.54) is 0 Å². The van der Waals surface area contributed by atoms with Crippen molar-refractivity contribution in [2.45, 2.75) is 44.8 Å². The van der Waals surface area contributed by atoms with Crippen molar-refractivity contribution in [3.05, 3.63) is 35.4 Å². The smallest absolute Gasteiger partial charge is 0.0783 e. The minimum absolute atomic E-state index is 0.716. The molecule has 2 heteroatoms. The van der Waals surface area contributed by atoms with Crippen LogP contribution in [0.5, 0.6) is 0 Å². The molecule has 1 aliphatic carbocycles. The van der Waals surface area contributed by atoms with Crippen LogP contribution in [-0.2, 0) is 0 Å². The van der Waals surface area contributed by atoms with E-state index in [2.05, 4.69) is 69.6 Å².